The molecule has 0 aliphatic carbocycles. The van der Waals surface area contributed by atoms with Crippen molar-refractivity contribution in [2.24, 2.45) is 0 Å². The lowest BCUT2D eigenvalue weighted by Gasteiger charge is -2.38. The van der Waals surface area contributed by atoms with Crippen LogP contribution in [0.1, 0.15) is 40.9 Å². The third kappa shape index (κ3) is 2.86. The Bertz CT molecular complexity index is 1280. The van der Waals surface area contributed by atoms with Gasteiger partial charge in [-0.15, -0.1) is 0 Å². The average Bonchev–Trinajstić information content (AvgIpc) is 3.16. The molecule has 34 heavy (non-hydrogen) atoms. The molecular weight excluding hydrogens is 434 g/mol. The molecule has 0 saturated heterocycles. The molecule has 1 atom stereocenters. The van der Waals surface area contributed by atoms with Gasteiger partial charge in [0.15, 0.2) is 17.1 Å². The van der Waals surface area contributed by atoms with E-state index in [0.29, 0.717) is 39.9 Å². The molecule has 0 amide bonds. The molecule has 3 aromatic rings. The summed E-state index contributed by atoms with van der Waals surface area (Å²) in [4.78, 5) is 15.4. The van der Waals surface area contributed by atoms with Crippen molar-refractivity contribution in [3.8, 4) is 28.7 Å². The largest absolute Gasteiger partial charge is 0.493 e. The number of benzene rings is 3. The van der Waals surface area contributed by atoms with Crippen LogP contribution in [0.3, 0.4) is 0 Å². The topological polar surface area (TPSA) is 66.5 Å². The molecule has 2 heterocycles. The summed E-state index contributed by atoms with van der Waals surface area (Å²) in [5, 5.41) is 0. The van der Waals surface area contributed by atoms with E-state index in [1.807, 2.05) is 36.4 Å². The highest BCUT2D eigenvalue weighted by atomic mass is 16.6. The fourth-order valence-corrected chi connectivity index (χ4v) is 5.08. The van der Waals surface area contributed by atoms with Crippen molar-refractivity contribution in [1.82, 2.24) is 0 Å². The van der Waals surface area contributed by atoms with Crippen LogP contribution in [0.15, 0.2) is 48.5 Å². The van der Waals surface area contributed by atoms with E-state index < -0.39 is 11.6 Å². The number of hydrogen-bond acceptors (Lipinski definition) is 7. The summed E-state index contributed by atoms with van der Waals surface area (Å²) >= 11 is 0. The van der Waals surface area contributed by atoms with Gasteiger partial charge < -0.3 is 28.6 Å². The first-order valence-corrected chi connectivity index (χ1v) is 11.3. The van der Waals surface area contributed by atoms with Crippen LogP contribution < -0.4 is 23.8 Å². The molecule has 0 radical (unpaired) electrons. The lowest BCUT2D eigenvalue weighted by atomic mass is 9.77. The van der Waals surface area contributed by atoms with Crippen LogP contribution in [0, 0.1) is 0 Å². The monoisotopic (exact) mass is 461 g/mol. The van der Waals surface area contributed by atoms with Gasteiger partial charge in [-0.25, -0.2) is 4.79 Å². The second-order valence-electron chi connectivity index (χ2n) is 8.09. The van der Waals surface area contributed by atoms with Crippen LogP contribution in [0.4, 0.5) is 5.69 Å². The third-order valence-electron chi connectivity index (χ3n) is 6.61. The van der Waals surface area contributed by atoms with E-state index >= 15 is 0 Å². The Kier molecular flexibility index (Phi) is 5.27. The lowest BCUT2D eigenvalue weighted by Crippen LogP contribution is -2.34. The Balaban J connectivity index is 1.88. The minimum absolute atomic E-state index is 0.389. The van der Waals surface area contributed by atoms with E-state index in [4.69, 9.17) is 23.7 Å². The molecule has 7 heteroatoms. The summed E-state index contributed by atoms with van der Waals surface area (Å²) in [7, 11) is 4.65. The average molecular weight is 462 g/mol. The van der Waals surface area contributed by atoms with E-state index in [1.54, 1.807) is 33.5 Å². The molecule has 0 bridgehead atoms. The van der Waals surface area contributed by atoms with Crippen molar-refractivity contribution in [2.75, 3.05) is 39.3 Å². The van der Waals surface area contributed by atoms with Gasteiger partial charge in [0.2, 0.25) is 5.75 Å². The number of rotatable bonds is 6. The molecule has 7 nitrogen and oxygen atoms in total. The van der Waals surface area contributed by atoms with Gasteiger partial charge in [0, 0.05) is 42.0 Å². The zero-order valence-corrected chi connectivity index (χ0v) is 19.9. The van der Waals surface area contributed by atoms with Gasteiger partial charge in [-0.3, -0.25) is 0 Å². The van der Waals surface area contributed by atoms with Crippen molar-refractivity contribution in [3.05, 3.63) is 70.8 Å². The van der Waals surface area contributed by atoms with Crippen LogP contribution >= 0.6 is 0 Å². The molecule has 2 aliphatic heterocycles. The van der Waals surface area contributed by atoms with Crippen molar-refractivity contribution in [3.63, 3.8) is 0 Å². The number of carbonyl (C=O) groups is 1. The molecule has 2 aliphatic rings. The normalized spacial score (nSPS) is 17.3. The van der Waals surface area contributed by atoms with Crippen LogP contribution in [-0.4, -0.2) is 40.4 Å². The van der Waals surface area contributed by atoms with Gasteiger partial charge >= 0.3 is 5.97 Å². The Morgan fingerprint density at radius 3 is 2.26 bits per heavy atom. The van der Waals surface area contributed by atoms with E-state index in [1.165, 1.54) is 0 Å². The molecule has 1 spiro atoms. The standard InChI is InChI=1S/C27H27NO6/c1-6-28(7-2)16-12-13-19-20(14-16)33-21-15-22(30-3)24(31-4)25(32-5)23(21)27(19)18-11-9-8-10-17(18)26(29)34-27/h8-15H,6-7H2,1-5H3. The SMILES string of the molecule is CCN(CC)c1ccc2c(c1)Oc1cc(OC)c(OC)c(OC)c1C21OC(=O)c2ccccc21. The summed E-state index contributed by atoms with van der Waals surface area (Å²) in [5.74, 6) is 1.92. The Labute approximate surface area is 198 Å². The summed E-state index contributed by atoms with van der Waals surface area (Å²) in [6.07, 6.45) is 0. The van der Waals surface area contributed by atoms with Gasteiger partial charge in [0.25, 0.3) is 0 Å². The molecule has 0 saturated carbocycles. The van der Waals surface area contributed by atoms with Crippen molar-refractivity contribution in [2.45, 2.75) is 19.4 Å². The van der Waals surface area contributed by atoms with Gasteiger partial charge in [0.1, 0.15) is 11.5 Å². The molecule has 1 unspecified atom stereocenters. The maximum Gasteiger partial charge on any atom is 0.340 e. The highest BCUT2D eigenvalue weighted by Gasteiger charge is 2.56. The summed E-state index contributed by atoms with van der Waals surface area (Å²) < 4.78 is 29.8. The molecule has 0 fully saturated rings. The predicted molar refractivity (Wildman–Crippen MR) is 128 cm³/mol. The second kappa shape index (κ2) is 8.17. The minimum Gasteiger partial charge on any atom is -0.493 e. The number of anilines is 1. The van der Waals surface area contributed by atoms with Crippen LogP contribution in [0.5, 0.6) is 28.7 Å². The number of methoxy groups -OCH3 is 3. The Morgan fingerprint density at radius 2 is 1.59 bits per heavy atom. The van der Waals surface area contributed by atoms with Crippen LogP contribution in [0.2, 0.25) is 0 Å². The molecule has 3 aromatic carbocycles. The van der Waals surface area contributed by atoms with Crippen molar-refractivity contribution in [1.29, 1.82) is 0 Å². The van der Waals surface area contributed by atoms with Gasteiger partial charge in [0.05, 0.1) is 32.5 Å². The third-order valence-corrected chi connectivity index (χ3v) is 6.61. The van der Waals surface area contributed by atoms with Gasteiger partial charge in [-0.05, 0) is 32.0 Å². The minimum atomic E-state index is -1.26. The predicted octanol–water partition coefficient (Wildman–Crippen LogP) is 5.13. The first kappa shape index (κ1) is 21.9. The van der Waals surface area contributed by atoms with Crippen molar-refractivity contribution < 1.29 is 28.5 Å². The Hall–Kier alpha value is -3.87. The molecular formula is C27H27NO6. The van der Waals surface area contributed by atoms with E-state index in [-0.39, 0.29) is 0 Å². The van der Waals surface area contributed by atoms with Crippen LogP contribution in [-0.2, 0) is 10.3 Å². The van der Waals surface area contributed by atoms with Crippen molar-refractivity contribution >= 4 is 11.7 Å². The fourth-order valence-electron chi connectivity index (χ4n) is 5.08. The summed E-state index contributed by atoms with van der Waals surface area (Å²) in [6, 6.07) is 15.2. The number of ether oxygens (including phenoxy) is 5. The maximum absolute atomic E-state index is 13.1. The van der Waals surface area contributed by atoms with Gasteiger partial charge in [-0.1, -0.05) is 18.2 Å². The highest BCUT2D eigenvalue weighted by molar-refractivity contribution is 5.97. The quantitative estimate of drug-likeness (QED) is 0.472. The lowest BCUT2D eigenvalue weighted by molar-refractivity contribution is 0.0215. The molecule has 176 valence electrons. The van der Waals surface area contributed by atoms with E-state index in [9.17, 15) is 4.79 Å². The van der Waals surface area contributed by atoms with E-state index in [2.05, 4.69) is 18.7 Å². The Morgan fingerprint density at radius 1 is 0.853 bits per heavy atom. The molecule has 0 aromatic heterocycles. The number of hydrogen-bond donors (Lipinski definition) is 0. The summed E-state index contributed by atoms with van der Waals surface area (Å²) in [6.45, 7) is 5.93. The molecule has 0 N–H and O–H groups in total. The number of nitrogens with zero attached hydrogens (tertiary/aromatic N) is 1. The zero-order valence-electron chi connectivity index (χ0n) is 19.9. The first-order valence-electron chi connectivity index (χ1n) is 11.3. The number of fused-ring (bicyclic) bond motifs is 6. The summed E-state index contributed by atoms with van der Waals surface area (Å²) in [5.41, 5.74) is 2.28. The number of carbonyl (C=O) groups excluding carboxylic acids is 1. The second-order valence-corrected chi connectivity index (χ2v) is 8.09. The molecule has 5 rings (SSSR count). The first-order chi connectivity index (χ1) is 16.5. The van der Waals surface area contributed by atoms with Crippen LogP contribution in [0.25, 0.3) is 0 Å². The highest BCUT2D eigenvalue weighted by Crippen LogP contribution is 2.62. The number of esters is 1. The fraction of sp³-hybridized carbons (Fsp3) is 0.296. The van der Waals surface area contributed by atoms with Gasteiger partial charge in [-0.2, -0.15) is 0 Å². The maximum atomic E-state index is 13.1. The van der Waals surface area contributed by atoms with E-state index in [0.717, 1.165) is 29.9 Å². The smallest absolute Gasteiger partial charge is 0.340 e. The zero-order chi connectivity index (χ0) is 24.0.